The Hall–Kier alpha value is -4.66. The van der Waals surface area contributed by atoms with Crippen molar-refractivity contribution in [3.8, 4) is 39.1 Å². The van der Waals surface area contributed by atoms with Gasteiger partial charge in [-0.25, -0.2) is 26.3 Å². The zero-order valence-corrected chi connectivity index (χ0v) is 27.0. The fraction of sp³-hybridized carbons (Fsp3) is 0.167. The van der Waals surface area contributed by atoms with Gasteiger partial charge in [-0.1, -0.05) is 75.6 Å². The lowest BCUT2D eigenvalue weighted by atomic mass is 9.97. The molecule has 0 N–H and O–H groups in total. The van der Waals surface area contributed by atoms with Crippen LogP contribution in [0.5, 0.6) is 5.75 Å². The van der Waals surface area contributed by atoms with Gasteiger partial charge in [-0.05, 0) is 83.1 Å². The summed E-state index contributed by atoms with van der Waals surface area (Å²) in [6.07, 6.45) is -0.790. The lowest BCUT2D eigenvalue weighted by Gasteiger charge is -2.40. The monoisotopic (exact) mass is 752 g/mol. The Morgan fingerprint density at radius 1 is 0.529 bits per heavy atom. The molecule has 0 bridgehead atoms. The second-order valence-corrected chi connectivity index (χ2v) is 14.0. The van der Waals surface area contributed by atoms with Gasteiger partial charge < -0.3 is 4.74 Å². The lowest BCUT2D eigenvalue weighted by molar-refractivity contribution is -0.189. The molecule has 0 aliphatic heterocycles. The fourth-order valence-electron chi connectivity index (χ4n) is 5.45. The Labute approximate surface area is 283 Å². The summed E-state index contributed by atoms with van der Waals surface area (Å²) in [6, 6.07) is 12.8. The van der Waals surface area contributed by atoms with Gasteiger partial charge in [0.2, 0.25) is 0 Å². The molecule has 0 atom stereocenters. The van der Waals surface area contributed by atoms with Crippen LogP contribution in [-0.2, 0) is 12.5 Å². The van der Waals surface area contributed by atoms with E-state index in [-0.39, 0.29) is 23.8 Å². The van der Waals surface area contributed by atoms with Crippen LogP contribution >= 0.6 is 10.2 Å². The minimum absolute atomic E-state index is 0.151. The Morgan fingerprint density at radius 2 is 1.00 bits per heavy atom. The van der Waals surface area contributed by atoms with E-state index >= 15 is 22.0 Å². The molecule has 0 saturated heterocycles. The highest BCUT2D eigenvalue weighted by atomic mass is 32.5. The van der Waals surface area contributed by atoms with Crippen LogP contribution in [-0.4, -0.2) is 0 Å². The molecule has 5 aromatic carbocycles. The summed E-state index contributed by atoms with van der Waals surface area (Å²) in [5.41, 5.74) is -2.43. The third-order valence-corrected chi connectivity index (χ3v) is 9.01. The summed E-state index contributed by atoms with van der Waals surface area (Å²) in [6.45, 7) is 2.09. The smallest absolute Gasteiger partial charge is 0.429 e. The number of halogens is 13. The first-order chi connectivity index (χ1) is 23.6. The summed E-state index contributed by atoms with van der Waals surface area (Å²) in [5.74, 6) is -12.9. The van der Waals surface area contributed by atoms with Crippen LogP contribution in [0.1, 0.15) is 37.3 Å². The largest absolute Gasteiger partial charge is 0.432 e. The van der Waals surface area contributed by atoms with Crippen LogP contribution in [0.25, 0.3) is 33.4 Å². The van der Waals surface area contributed by atoms with Crippen molar-refractivity contribution in [2.45, 2.75) is 43.6 Å². The van der Waals surface area contributed by atoms with Crippen molar-refractivity contribution in [2.75, 3.05) is 0 Å². The first kappa shape index (κ1) is 37.6. The average molecular weight is 753 g/mol. The van der Waals surface area contributed by atoms with Crippen LogP contribution in [0.15, 0.2) is 89.8 Å². The Morgan fingerprint density at radius 3 is 1.49 bits per heavy atom. The standard InChI is InChI=1S/C36H25F13OS/c1-2-3-4-5-20-6-8-21(9-7-20)22-10-12-26(28(37)14-22)23-15-30(39)34(31(40)16-23)36(43,44)50-25-11-13-27(29(38)19-25)24-17-32(41)35(33(42)18-24)51(45,46,47,48)49/h6-19H,2-5H2,1H3. The molecule has 0 fully saturated rings. The number of alkyl halides is 2. The van der Waals surface area contributed by atoms with Gasteiger partial charge in [0.1, 0.15) is 46.2 Å². The van der Waals surface area contributed by atoms with E-state index in [1.807, 2.05) is 12.1 Å². The van der Waals surface area contributed by atoms with Crippen molar-refractivity contribution in [3.05, 3.63) is 131 Å². The molecule has 5 rings (SSSR count). The van der Waals surface area contributed by atoms with Crippen LogP contribution < -0.4 is 4.74 Å². The van der Waals surface area contributed by atoms with E-state index in [1.54, 1.807) is 12.1 Å². The summed E-state index contributed by atoms with van der Waals surface area (Å²) >= 11 is 0. The number of benzene rings is 5. The van der Waals surface area contributed by atoms with Gasteiger partial charge in [-0.3, -0.25) is 0 Å². The van der Waals surface area contributed by atoms with Crippen LogP contribution in [0.4, 0.5) is 54.6 Å². The molecule has 0 saturated carbocycles. The number of hydrogen-bond donors (Lipinski definition) is 0. The number of hydrogen-bond acceptors (Lipinski definition) is 1. The average Bonchev–Trinajstić information content (AvgIpc) is 2.99. The second kappa shape index (κ2) is 12.8. The molecular formula is C36H25F13OS. The fourth-order valence-corrected chi connectivity index (χ4v) is 6.31. The summed E-state index contributed by atoms with van der Waals surface area (Å²) in [7, 11) is -10.8. The number of unbranched alkanes of at least 4 members (excludes halogenated alkanes) is 2. The van der Waals surface area contributed by atoms with Crippen molar-refractivity contribution >= 4 is 10.2 Å². The van der Waals surface area contributed by atoms with Gasteiger partial charge in [-0.15, -0.1) is 0 Å². The third-order valence-electron chi connectivity index (χ3n) is 7.85. The van der Waals surface area contributed by atoms with E-state index in [2.05, 4.69) is 11.7 Å². The molecule has 0 amide bonds. The summed E-state index contributed by atoms with van der Waals surface area (Å²) < 4.78 is 188. The van der Waals surface area contributed by atoms with Crippen LogP contribution in [0.3, 0.4) is 0 Å². The van der Waals surface area contributed by atoms with E-state index in [0.717, 1.165) is 37.3 Å². The van der Waals surface area contributed by atoms with E-state index in [1.165, 1.54) is 12.1 Å². The Bertz CT molecular complexity index is 2070. The van der Waals surface area contributed by atoms with Crippen molar-refractivity contribution < 1.29 is 59.3 Å². The Balaban J connectivity index is 1.37. The highest BCUT2D eigenvalue weighted by molar-refractivity contribution is 8.45. The maximum Gasteiger partial charge on any atom is 0.432 e. The maximum atomic E-state index is 15.2. The maximum absolute atomic E-state index is 15.2. The number of rotatable bonds is 11. The number of ether oxygens (including phenoxy) is 1. The molecule has 0 heterocycles. The minimum atomic E-state index is -10.8. The first-order valence-corrected chi connectivity index (χ1v) is 17.0. The SMILES string of the molecule is CCCCCc1ccc(-c2ccc(-c3cc(F)c(C(F)(F)Oc4ccc(-c5cc(F)c(S(F)(F)(F)(F)F)c(F)c5)c(F)c4)c(F)c3)c(F)c2)cc1. The van der Waals surface area contributed by atoms with Crippen molar-refractivity contribution in [3.63, 3.8) is 0 Å². The van der Waals surface area contributed by atoms with E-state index < -0.39 is 84.1 Å². The molecule has 5 aromatic rings. The van der Waals surface area contributed by atoms with Crippen molar-refractivity contribution in [1.82, 2.24) is 0 Å². The molecule has 1 nitrogen and oxygen atoms in total. The minimum Gasteiger partial charge on any atom is -0.429 e. The lowest BCUT2D eigenvalue weighted by Crippen LogP contribution is -2.25. The van der Waals surface area contributed by atoms with Gasteiger partial charge in [0.15, 0.2) is 4.90 Å². The molecule has 0 spiro atoms. The highest BCUT2D eigenvalue weighted by Gasteiger charge is 2.69. The zero-order chi connectivity index (χ0) is 37.6. The zero-order valence-electron chi connectivity index (χ0n) is 26.1. The molecule has 15 heteroatoms. The van der Waals surface area contributed by atoms with Crippen LogP contribution in [0, 0.1) is 34.9 Å². The molecular weight excluding hydrogens is 727 g/mol. The molecule has 0 radical (unpaired) electrons. The van der Waals surface area contributed by atoms with Crippen molar-refractivity contribution in [2.24, 2.45) is 0 Å². The molecule has 0 aliphatic carbocycles. The second-order valence-electron chi connectivity index (χ2n) is 11.7. The molecule has 0 aliphatic rings. The summed E-state index contributed by atoms with van der Waals surface area (Å²) in [4.78, 5) is -3.45. The molecule has 51 heavy (non-hydrogen) atoms. The highest BCUT2D eigenvalue weighted by Crippen LogP contribution is 3.02. The molecule has 0 unspecified atom stereocenters. The first-order valence-electron chi connectivity index (χ1n) is 15.1. The quantitative estimate of drug-likeness (QED) is 0.0964. The van der Waals surface area contributed by atoms with Gasteiger partial charge in [0.05, 0.1) is 0 Å². The summed E-state index contributed by atoms with van der Waals surface area (Å²) in [5, 5.41) is 0. The third kappa shape index (κ3) is 8.29. The topological polar surface area (TPSA) is 9.23 Å². The van der Waals surface area contributed by atoms with Gasteiger partial charge in [0, 0.05) is 17.2 Å². The normalized spacial score (nSPS) is 13.5. The van der Waals surface area contributed by atoms with Crippen molar-refractivity contribution in [1.29, 1.82) is 0 Å². The van der Waals surface area contributed by atoms with Gasteiger partial charge in [-0.2, -0.15) is 8.78 Å². The van der Waals surface area contributed by atoms with E-state index in [9.17, 15) is 32.6 Å². The Kier molecular flexibility index (Phi) is 9.46. The predicted octanol–water partition coefficient (Wildman–Crippen LogP) is 14.0. The van der Waals surface area contributed by atoms with E-state index in [4.69, 9.17) is 0 Å². The van der Waals surface area contributed by atoms with Crippen LogP contribution in [0.2, 0.25) is 0 Å². The van der Waals surface area contributed by atoms with Gasteiger partial charge in [0.25, 0.3) is 0 Å². The molecule has 272 valence electrons. The van der Waals surface area contributed by atoms with Gasteiger partial charge >= 0.3 is 16.3 Å². The molecule has 0 aromatic heterocycles. The predicted molar refractivity (Wildman–Crippen MR) is 168 cm³/mol. The number of aryl methyl sites for hydroxylation is 1. The van der Waals surface area contributed by atoms with E-state index in [0.29, 0.717) is 35.4 Å².